The molecule has 1 rings (SSSR count). The Morgan fingerprint density at radius 3 is 2.50 bits per heavy atom. The molecule has 8 heteroatoms. The van der Waals surface area contributed by atoms with Gasteiger partial charge in [-0.15, -0.1) is 0 Å². The van der Waals surface area contributed by atoms with Crippen molar-refractivity contribution >= 4 is 21.9 Å². The van der Waals surface area contributed by atoms with Gasteiger partial charge in [-0.3, -0.25) is 4.79 Å². The first-order valence-corrected chi connectivity index (χ1v) is 9.34. The van der Waals surface area contributed by atoms with Crippen molar-refractivity contribution in [2.75, 3.05) is 18.8 Å². The van der Waals surface area contributed by atoms with Gasteiger partial charge in [-0.25, -0.2) is 17.5 Å². The fourth-order valence-corrected chi connectivity index (χ4v) is 3.73. The fraction of sp³-hybridized carbons (Fsp3) is 0.857. The van der Waals surface area contributed by atoms with Crippen LogP contribution in [0.25, 0.3) is 0 Å². The summed E-state index contributed by atoms with van der Waals surface area (Å²) < 4.78 is 25.1. The average Bonchev–Trinajstić information content (AvgIpc) is 2.51. The van der Waals surface area contributed by atoms with Crippen LogP contribution in [0.5, 0.6) is 0 Å². The molecule has 1 amide bonds. The van der Waals surface area contributed by atoms with Gasteiger partial charge in [0.1, 0.15) is 6.04 Å². The smallest absolute Gasteiger partial charge is 0.326 e. The van der Waals surface area contributed by atoms with Gasteiger partial charge in [0.2, 0.25) is 15.9 Å². The molecule has 0 radical (unpaired) electrons. The number of nitrogens with one attached hydrogen (secondary N) is 1. The Morgan fingerprint density at radius 2 is 2.00 bits per heavy atom. The highest BCUT2D eigenvalue weighted by atomic mass is 32.2. The Labute approximate surface area is 132 Å². The van der Waals surface area contributed by atoms with Gasteiger partial charge in [0.25, 0.3) is 0 Å². The summed E-state index contributed by atoms with van der Waals surface area (Å²) in [5, 5.41) is 11.8. The number of piperidine rings is 1. The van der Waals surface area contributed by atoms with E-state index in [1.54, 1.807) is 13.8 Å². The topological polar surface area (TPSA) is 104 Å². The molecule has 7 nitrogen and oxygen atoms in total. The molecule has 0 aliphatic carbocycles. The minimum atomic E-state index is -3.32. The van der Waals surface area contributed by atoms with Crippen molar-refractivity contribution in [2.24, 2.45) is 11.8 Å². The standard InChI is InChI=1S/C14H26N2O5S/c1-4-10(3)12(14(18)19)15-13(17)11-7-6-8-16(9-11)22(20,21)5-2/h10-12H,4-9H2,1-3H3,(H,15,17)(H,18,19)/t10-,11?,12-/m0/s1. The Balaban J connectivity index is 2.74. The van der Waals surface area contributed by atoms with E-state index >= 15 is 0 Å². The molecule has 0 aromatic carbocycles. The summed E-state index contributed by atoms with van der Waals surface area (Å²) in [5.74, 6) is -2.09. The Bertz CT molecular complexity index is 505. The molecule has 0 aromatic heterocycles. The van der Waals surface area contributed by atoms with Crippen molar-refractivity contribution in [3.05, 3.63) is 0 Å². The molecule has 0 spiro atoms. The van der Waals surface area contributed by atoms with Gasteiger partial charge in [0, 0.05) is 13.1 Å². The number of hydrogen-bond acceptors (Lipinski definition) is 4. The second-order valence-electron chi connectivity index (χ2n) is 5.81. The van der Waals surface area contributed by atoms with Crippen LogP contribution in [0.3, 0.4) is 0 Å². The first-order chi connectivity index (χ1) is 10.2. The molecule has 1 saturated heterocycles. The van der Waals surface area contributed by atoms with Gasteiger partial charge < -0.3 is 10.4 Å². The summed E-state index contributed by atoms with van der Waals surface area (Å²) in [4.78, 5) is 23.6. The molecule has 128 valence electrons. The van der Waals surface area contributed by atoms with Crippen LogP contribution in [0, 0.1) is 11.8 Å². The number of carboxylic acid groups (broad SMARTS) is 1. The molecule has 2 N–H and O–H groups in total. The van der Waals surface area contributed by atoms with Gasteiger partial charge in [0.15, 0.2) is 0 Å². The van der Waals surface area contributed by atoms with E-state index in [1.165, 1.54) is 4.31 Å². The van der Waals surface area contributed by atoms with E-state index in [2.05, 4.69) is 5.32 Å². The number of nitrogens with zero attached hydrogens (tertiary/aromatic N) is 1. The highest BCUT2D eigenvalue weighted by Crippen LogP contribution is 2.20. The number of carbonyl (C=O) groups is 2. The zero-order valence-electron chi connectivity index (χ0n) is 13.4. The van der Waals surface area contributed by atoms with Crippen LogP contribution < -0.4 is 5.32 Å². The van der Waals surface area contributed by atoms with Crippen LogP contribution in [-0.4, -0.2) is 54.6 Å². The number of hydrogen-bond donors (Lipinski definition) is 2. The lowest BCUT2D eigenvalue weighted by atomic mass is 9.95. The maximum atomic E-state index is 12.3. The summed E-state index contributed by atoms with van der Waals surface area (Å²) in [6.07, 6.45) is 1.82. The predicted octanol–water partition coefficient (Wildman–Crippen LogP) is 0.664. The number of rotatable bonds is 7. The van der Waals surface area contributed by atoms with Crippen LogP contribution in [-0.2, 0) is 19.6 Å². The summed E-state index contributed by atoms with van der Waals surface area (Å²) in [6.45, 7) is 5.77. The highest BCUT2D eigenvalue weighted by molar-refractivity contribution is 7.89. The SMILES string of the molecule is CC[C@H](C)[C@H](NC(=O)C1CCCN(S(=O)(=O)CC)C1)C(=O)O. The molecule has 0 aromatic rings. The Kier molecular flexibility index (Phi) is 6.80. The van der Waals surface area contributed by atoms with Crippen molar-refractivity contribution in [1.29, 1.82) is 0 Å². The third kappa shape index (κ3) is 4.67. The van der Waals surface area contributed by atoms with Gasteiger partial charge in [-0.05, 0) is 25.7 Å². The molecular weight excluding hydrogens is 308 g/mol. The highest BCUT2D eigenvalue weighted by Gasteiger charge is 2.34. The van der Waals surface area contributed by atoms with Crippen LogP contribution in [0.2, 0.25) is 0 Å². The largest absolute Gasteiger partial charge is 0.480 e. The molecule has 1 aliphatic rings. The third-order valence-corrected chi connectivity index (χ3v) is 6.14. The van der Waals surface area contributed by atoms with Crippen LogP contribution in [0.4, 0.5) is 0 Å². The van der Waals surface area contributed by atoms with Gasteiger partial charge in [0.05, 0.1) is 11.7 Å². The van der Waals surface area contributed by atoms with E-state index in [-0.39, 0.29) is 24.1 Å². The maximum absolute atomic E-state index is 12.3. The quantitative estimate of drug-likeness (QED) is 0.712. The van der Waals surface area contributed by atoms with Crippen molar-refractivity contribution in [1.82, 2.24) is 9.62 Å². The first-order valence-electron chi connectivity index (χ1n) is 7.73. The molecule has 22 heavy (non-hydrogen) atoms. The zero-order valence-corrected chi connectivity index (χ0v) is 14.2. The number of carbonyl (C=O) groups excluding carboxylic acids is 1. The van der Waals surface area contributed by atoms with E-state index in [4.69, 9.17) is 0 Å². The second-order valence-corrected chi connectivity index (χ2v) is 8.07. The van der Waals surface area contributed by atoms with Crippen molar-refractivity contribution in [3.8, 4) is 0 Å². The third-order valence-electron chi connectivity index (χ3n) is 4.29. The number of amides is 1. The second kappa shape index (κ2) is 7.92. The monoisotopic (exact) mass is 334 g/mol. The lowest BCUT2D eigenvalue weighted by molar-refractivity contribution is -0.144. The molecule has 3 atom stereocenters. The summed E-state index contributed by atoms with van der Waals surface area (Å²) in [5.41, 5.74) is 0. The van der Waals surface area contributed by atoms with Crippen molar-refractivity contribution < 1.29 is 23.1 Å². The lowest BCUT2D eigenvalue weighted by Crippen LogP contribution is -2.51. The minimum Gasteiger partial charge on any atom is -0.480 e. The number of carboxylic acids is 1. The molecule has 0 saturated carbocycles. The number of sulfonamides is 1. The Hall–Kier alpha value is -1.15. The first kappa shape index (κ1) is 18.9. The molecule has 1 heterocycles. The predicted molar refractivity (Wildman–Crippen MR) is 82.8 cm³/mol. The van der Waals surface area contributed by atoms with E-state index in [1.807, 2.05) is 6.92 Å². The summed E-state index contributed by atoms with van der Waals surface area (Å²) in [6, 6.07) is -0.935. The van der Waals surface area contributed by atoms with E-state index in [9.17, 15) is 23.1 Å². The van der Waals surface area contributed by atoms with Crippen molar-refractivity contribution in [3.63, 3.8) is 0 Å². The van der Waals surface area contributed by atoms with Crippen LogP contribution >= 0.6 is 0 Å². The maximum Gasteiger partial charge on any atom is 0.326 e. The Morgan fingerprint density at radius 1 is 1.36 bits per heavy atom. The molecule has 1 aliphatic heterocycles. The normalized spacial score (nSPS) is 22.8. The minimum absolute atomic E-state index is 0.00591. The van der Waals surface area contributed by atoms with Crippen molar-refractivity contribution in [2.45, 2.75) is 46.1 Å². The fourth-order valence-electron chi connectivity index (χ4n) is 2.55. The van der Waals surface area contributed by atoms with Gasteiger partial charge in [-0.1, -0.05) is 20.3 Å². The van der Waals surface area contributed by atoms with E-state index < -0.39 is 28.0 Å². The molecule has 1 unspecified atom stereocenters. The lowest BCUT2D eigenvalue weighted by Gasteiger charge is -2.32. The van der Waals surface area contributed by atoms with E-state index in [0.29, 0.717) is 25.8 Å². The summed E-state index contributed by atoms with van der Waals surface area (Å²) in [7, 11) is -3.32. The van der Waals surface area contributed by atoms with E-state index in [0.717, 1.165) is 0 Å². The van der Waals surface area contributed by atoms with Crippen LogP contribution in [0.15, 0.2) is 0 Å². The summed E-state index contributed by atoms with van der Waals surface area (Å²) >= 11 is 0. The van der Waals surface area contributed by atoms with Crippen LogP contribution in [0.1, 0.15) is 40.0 Å². The number of aliphatic carboxylic acids is 1. The zero-order chi connectivity index (χ0) is 16.9. The molecule has 0 bridgehead atoms. The molecular formula is C14H26N2O5S. The average molecular weight is 334 g/mol. The van der Waals surface area contributed by atoms with Gasteiger partial charge in [-0.2, -0.15) is 0 Å². The van der Waals surface area contributed by atoms with Gasteiger partial charge >= 0.3 is 5.97 Å². The molecule has 1 fully saturated rings.